The Bertz CT molecular complexity index is 3220. The Morgan fingerprint density at radius 2 is 0.833 bits per heavy atom. The molecule has 0 saturated heterocycles. The van der Waals surface area contributed by atoms with Crippen molar-refractivity contribution in [3.05, 3.63) is 176 Å². The number of aromatic nitrogens is 3. The van der Waals surface area contributed by atoms with E-state index in [-0.39, 0.29) is 0 Å². The van der Waals surface area contributed by atoms with Crippen molar-refractivity contribution in [3.63, 3.8) is 0 Å². The number of hydrogen-bond acceptors (Lipinski definition) is 5. The first kappa shape index (κ1) is 30.7. The number of benzene rings is 8. The van der Waals surface area contributed by atoms with Crippen molar-refractivity contribution in [1.82, 2.24) is 15.0 Å². The molecule has 0 aliphatic carbocycles. The largest absolute Gasteiger partial charge is 0.455 e. The first-order valence-corrected chi connectivity index (χ1v) is 18.8. The average molecular weight is 708 g/mol. The summed E-state index contributed by atoms with van der Waals surface area (Å²) in [6, 6.07) is 61.3. The van der Waals surface area contributed by atoms with Gasteiger partial charge in [-0.05, 0) is 40.3 Å². The molecule has 54 heavy (non-hydrogen) atoms. The van der Waals surface area contributed by atoms with Crippen LogP contribution < -0.4 is 0 Å². The smallest absolute Gasteiger partial charge is 0.164 e. The Hall–Kier alpha value is -6.95. The van der Waals surface area contributed by atoms with Gasteiger partial charge in [0.15, 0.2) is 17.5 Å². The minimum atomic E-state index is 0.612. The summed E-state index contributed by atoms with van der Waals surface area (Å²) in [5.74, 6) is 1.87. The Morgan fingerprint density at radius 1 is 0.333 bits per heavy atom. The molecule has 11 rings (SSSR count). The van der Waals surface area contributed by atoms with Crippen molar-refractivity contribution in [2.75, 3.05) is 0 Å². The molecule has 8 aromatic carbocycles. The SMILES string of the molecule is c1ccc(-c2ccccc2-c2nc(-c3cc4c5cccc(-c6ccccc6)c5oc4c4ccccc34)nc(-c3cccc4sc5ccccc5c34)n2)cc1. The number of rotatable bonds is 5. The lowest BCUT2D eigenvalue weighted by molar-refractivity contribution is 0.674. The van der Waals surface area contributed by atoms with Gasteiger partial charge >= 0.3 is 0 Å². The Morgan fingerprint density at radius 3 is 1.61 bits per heavy atom. The summed E-state index contributed by atoms with van der Waals surface area (Å²) in [4.78, 5) is 16.0. The number of fused-ring (bicyclic) bond motifs is 8. The molecule has 5 heteroatoms. The maximum absolute atomic E-state index is 6.82. The molecule has 0 aliphatic rings. The lowest BCUT2D eigenvalue weighted by Gasteiger charge is -2.13. The van der Waals surface area contributed by atoms with Crippen LogP contribution in [-0.2, 0) is 0 Å². The Labute approximate surface area is 314 Å². The molecule has 3 heterocycles. The Balaban J connectivity index is 1.22. The van der Waals surface area contributed by atoms with Gasteiger partial charge in [-0.2, -0.15) is 0 Å². The fourth-order valence-corrected chi connectivity index (χ4v) is 9.03. The molecule has 11 aromatic rings. The van der Waals surface area contributed by atoms with Crippen molar-refractivity contribution in [1.29, 1.82) is 0 Å². The summed E-state index contributed by atoms with van der Waals surface area (Å²) in [5, 5.41) is 6.47. The van der Waals surface area contributed by atoms with E-state index in [9.17, 15) is 0 Å². The van der Waals surface area contributed by atoms with E-state index in [1.54, 1.807) is 11.3 Å². The first-order valence-electron chi connectivity index (χ1n) is 18.0. The normalized spacial score (nSPS) is 11.7. The van der Waals surface area contributed by atoms with Gasteiger partial charge in [-0.3, -0.25) is 0 Å². The average Bonchev–Trinajstić information content (AvgIpc) is 3.83. The molecule has 4 nitrogen and oxygen atoms in total. The standard InChI is InChI=1S/C49H29N3OS/c1-3-15-30(16-4-1)32-19-7-10-22-37(32)47-50-48(39-26-14-28-43-44(39)38-23-11-12-27-42(38)54-43)52-49(51-47)41-29-40-36-25-13-24-33(31-17-5-2-6-18-31)45(36)53-46(40)35-21-9-8-20-34(35)41/h1-29H. The highest BCUT2D eigenvalue weighted by atomic mass is 32.1. The second-order valence-electron chi connectivity index (χ2n) is 13.5. The second-order valence-corrected chi connectivity index (χ2v) is 14.6. The van der Waals surface area contributed by atoms with Gasteiger partial charge in [0.1, 0.15) is 11.2 Å². The van der Waals surface area contributed by atoms with Crippen LogP contribution in [0.5, 0.6) is 0 Å². The third kappa shape index (κ3) is 4.86. The van der Waals surface area contributed by atoms with Crippen molar-refractivity contribution in [2.24, 2.45) is 0 Å². The lowest BCUT2D eigenvalue weighted by atomic mass is 9.97. The molecule has 0 saturated carbocycles. The molecule has 0 bridgehead atoms. The van der Waals surface area contributed by atoms with E-state index in [0.29, 0.717) is 17.5 Å². The van der Waals surface area contributed by atoms with Crippen LogP contribution in [0.3, 0.4) is 0 Å². The number of thiophene rings is 1. The lowest BCUT2D eigenvalue weighted by Crippen LogP contribution is -2.02. The second kappa shape index (κ2) is 12.3. The highest BCUT2D eigenvalue weighted by Crippen LogP contribution is 2.44. The number of furan rings is 1. The summed E-state index contributed by atoms with van der Waals surface area (Å²) in [6.45, 7) is 0. The topological polar surface area (TPSA) is 51.8 Å². The van der Waals surface area contributed by atoms with Crippen LogP contribution in [0.2, 0.25) is 0 Å². The quantitative estimate of drug-likeness (QED) is 0.179. The number of nitrogens with zero attached hydrogens (tertiary/aromatic N) is 3. The molecule has 0 radical (unpaired) electrons. The molecule has 3 aromatic heterocycles. The van der Waals surface area contributed by atoms with Crippen molar-refractivity contribution in [2.45, 2.75) is 0 Å². The molecule has 0 N–H and O–H groups in total. The van der Waals surface area contributed by atoms with Crippen LogP contribution in [0, 0.1) is 0 Å². The summed E-state index contributed by atoms with van der Waals surface area (Å²) in [6.07, 6.45) is 0. The molecule has 0 atom stereocenters. The van der Waals surface area contributed by atoms with Gasteiger partial charge in [0.05, 0.1) is 0 Å². The molecular weight excluding hydrogens is 679 g/mol. The van der Waals surface area contributed by atoms with Crippen LogP contribution in [-0.4, -0.2) is 15.0 Å². The van der Waals surface area contributed by atoms with Crippen LogP contribution in [0.25, 0.3) is 109 Å². The molecule has 0 unspecified atom stereocenters. The fourth-order valence-electron chi connectivity index (χ4n) is 7.90. The Kier molecular flexibility index (Phi) is 7.00. The van der Waals surface area contributed by atoms with Gasteiger partial charge < -0.3 is 4.42 Å². The zero-order valence-electron chi connectivity index (χ0n) is 28.9. The summed E-state index contributed by atoms with van der Waals surface area (Å²) < 4.78 is 9.26. The van der Waals surface area contributed by atoms with Gasteiger partial charge in [0.2, 0.25) is 0 Å². The van der Waals surface area contributed by atoms with E-state index >= 15 is 0 Å². The predicted octanol–water partition coefficient (Wildman–Crippen LogP) is 13.6. The highest BCUT2D eigenvalue weighted by Gasteiger charge is 2.22. The fraction of sp³-hybridized carbons (Fsp3) is 0. The van der Waals surface area contributed by atoms with E-state index in [1.807, 2.05) is 12.1 Å². The molecule has 0 amide bonds. The molecule has 0 fully saturated rings. The molecule has 0 aliphatic heterocycles. The van der Waals surface area contributed by atoms with E-state index in [0.717, 1.165) is 77.0 Å². The zero-order valence-corrected chi connectivity index (χ0v) is 29.7. The minimum absolute atomic E-state index is 0.612. The van der Waals surface area contributed by atoms with Gasteiger partial charge in [0, 0.05) is 58.6 Å². The van der Waals surface area contributed by atoms with Crippen LogP contribution in [0.4, 0.5) is 0 Å². The maximum Gasteiger partial charge on any atom is 0.164 e. The zero-order chi connectivity index (χ0) is 35.6. The first-order chi connectivity index (χ1) is 26.8. The molecular formula is C49H29N3OS. The number of para-hydroxylation sites is 1. The molecule has 252 valence electrons. The number of hydrogen-bond donors (Lipinski definition) is 0. The van der Waals surface area contributed by atoms with E-state index < -0.39 is 0 Å². The van der Waals surface area contributed by atoms with Gasteiger partial charge in [-0.1, -0.05) is 158 Å². The van der Waals surface area contributed by atoms with E-state index in [2.05, 4.69) is 164 Å². The van der Waals surface area contributed by atoms with Crippen LogP contribution >= 0.6 is 11.3 Å². The van der Waals surface area contributed by atoms with Gasteiger partial charge in [-0.25, -0.2) is 15.0 Å². The third-order valence-electron chi connectivity index (χ3n) is 10.4. The van der Waals surface area contributed by atoms with Gasteiger partial charge in [0.25, 0.3) is 0 Å². The third-order valence-corrected chi connectivity index (χ3v) is 11.5. The van der Waals surface area contributed by atoms with Gasteiger partial charge in [-0.15, -0.1) is 11.3 Å². The molecule has 0 spiro atoms. The summed E-state index contributed by atoms with van der Waals surface area (Å²) in [7, 11) is 0. The maximum atomic E-state index is 6.82. The highest BCUT2D eigenvalue weighted by molar-refractivity contribution is 7.25. The predicted molar refractivity (Wildman–Crippen MR) is 225 cm³/mol. The van der Waals surface area contributed by atoms with E-state index in [4.69, 9.17) is 19.4 Å². The van der Waals surface area contributed by atoms with Crippen LogP contribution in [0.15, 0.2) is 180 Å². The van der Waals surface area contributed by atoms with Crippen molar-refractivity contribution < 1.29 is 4.42 Å². The summed E-state index contributed by atoms with van der Waals surface area (Å²) in [5.41, 5.74) is 8.93. The van der Waals surface area contributed by atoms with Crippen LogP contribution in [0.1, 0.15) is 0 Å². The van der Waals surface area contributed by atoms with Crippen molar-refractivity contribution >= 4 is 64.2 Å². The minimum Gasteiger partial charge on any atom is -0.455 e. The van der Waals surface area contributed by atoms with E-state index in [1.165, 1.54) is 14.8 Å². The monoisotopic (exact) mass is 707 g/mol. The van der Waals surface area contributed by atoms with Crippen molar-refractivity contribution in [3.8, 4) is 56.4 Å². The summed E-state index contributed by atoms with van der Waals surface area (Å²) >= 11 is 1.79.